The van der Waals surface area contributed by atoms with E-state index in [1.165, 1.54) is 32.4 Å². The first-order chi connectivity index (χ1) is 16.8. The van der Waals surface area contributed by atoms with Gasteiger partial charge >= 0.3 is 5.97 Å². The van der Waals surface area contributed by atoms with Crippen LogP contribution in [0.4, 0.5) is 10.5 Å². The number of thioether (sulfide) groups is 1. The largest absolute Gasteiger partial charge is 0.496 e. The number of carbonyl (C=O) groups is 4. The molecular weight excluding hydrogens is 492 g/mol. The number of fused-ring (bicyclic) bond motifs is 1. The number of nitrogens with zero attached hydrogens (tertiary/aromatic N) is 1. The highest BCUT2D eigenvalue weighted by Crippen LogP contribution is 2.36. The van der Waals surface area contributed by atoms with Gasteiger partial charge in [0.15, 0.2) is 0 Å². The summed E-state index contributed by atoms with van der Waals surface area (Å²) in [6, 6.07) is 15.6. The molecule has 35 heavy (non-hydrogen) atoms. The van der Waals surface area contributed by atoms with E-state index in [-0.39, 0.29) is 21.2 Å². The molecule has 1 N–H and O–H groups in total. The zero-order valence-corrected chi connectivity index (χ0v) is 20.2. The molecule has 3 aromatic rings. The van der Waals surface area contributed by atoms with Gasteiger partial charge in [0.1, 0.15) is 12.3 Å². The Morgan fingerprint density at radius 2 is 1.86 bits per heavy atom. The molecular formula is C25H19ClN2O6S. The second-order valence-corrected chi connectivity index (χ2v) is 8.81. The zero-order chi connectivity index (χ0) is 25.1. The van der Waals surface area contributed by atoms with Crippen LogP contribution in [0.3, 0.4) is 0 Å². The van der Waals surface area contributed by atoms with Crippen molar-refractivity contribution in [2.75, 3.05) is 26.1 Å². The fourth-order valence-corrected chi connectivity index (χ4v) is 4.60. The summed E-state index contributed by atoms with van der Waals surface area (Å²) >= 11 is 6.74. The molecule has 3 amide bonds. The van der Waals surface area contributed by atoms with Gasteiger partial charge in [0.25, 0.3) is 11.1 Å². The van der Waals surface area contributed by atoms with Gasteiger partial charge in [-0.2, -0.15) is 0 Å². The normalized spacial score (nSPS) is 14.5. The second-order valence-electron chi connectivity index (χ2n) is 7.40. The lowest BCUT2D eigenvalue weighted by molar-refractivity contribution is -0.127. The van der Waals surface area contributed by atoms with Crippen molar-refractivity contribution in [3.05, 3.63) is 75.7 Å². The number of hydrogen-bond donors (Lipinski definition) is 1. The number of benzene rings is 3. The number of nitrogens with one attached hydrogen (secondary N) is 1. The van der Waals surface area contributed by atoms with Crippen LogP contribution in [0.15, 0.2) is 59.5 Å². The third kappa shape index (κ3) is 5.01. The summed E-state index contributed by atoms with van der Waals surface area (Å²) in [4.78, 5) is 51.0. The SMILES string of the molecule is COC(=O)c1cc(NC(=O)CN2C(=O)S/C(=C/c3c(OC)ccc4ccccc34)C2=O)ccc1Cl. The number of methoxy groups -OCH3 is 2. The van der Waals surface area contributed by atoms with E-state index < -0.39 is 29.6 Å². The molecule has 0 spiro atoms. The van der Waals surface area contributed by atoms with Crippen molar-refractivity contribution in [3.8, 4) is 5.75 Å². The van der Waals surface area contributed by atoms with Gasteiger partial charge in [-0.1, -0.05) is 41.9 Å². The van der Waals surface area contributed by atoms with Crippen LogP contribution in [0.1, 0.15) is 15.9 Å². The fraction of sp³-hybridized carbons (Fsp3) is 0.120. The van der Waals surface area contributed by atoms with Crippen molar-refractivity contribution in [1.29, 1.82) is 0 Å². The summed E-state index contributed by atoms with van der Waals surface area (Å²) in [6.45, 7) is -0.495. The zero-order valence-electron chi connectivity index (χ0n) is 18.7. The molecule has 1 fully saturated rings. The van der Waals surface area contributed by atoms with Crippen LogP contribution in [0.5, 0.6) is 5.75 Å². The van der Waals surface area contributed by atoms with Crippen LogP contribution < -0.4 is 10.1 Å². The van der Waals surface area contributed by atoms with Crippen LogP contribution >= 0.6 is 23.4 Å². The Balaban J connectivity index is 1.54. The maximum Gasteiger partial charge on any atom is 0.339 e. The Morgan fingerprint density at radius 3 is 2.60 bits per heavy atom. The van der Waals surface area contributed by atoms with Crippen molar-refractivity contribution in [3.63, 3.8) is 0 Å². The average Bonchev–Trinajstić information content (AvgIpc) is 3.12. The van der Waals surface area contributed by atoms with Crippen molar-refractivity contribution in [1.82, 2.24) is 4.90 Å². The molecule has 0 aliphatic carbocycles. The second kappa shape index (κ2) is 10.2. The van der Waals surface area contributed by atoms with E-state index in [0.29, 0.717) is 11.3 Å². The van der Waals surface area contributed by atoms with E-state index >= 15 is 0 Å². The van der Waals surface area contributed by atoms with Crippen molar-refractivity contribution < 1.29 is 28.7 Å². The number of imide groups is 1. The summed E-state index contributed by atoms with van der Waals surface area (Å²) in [5.41, 5.74) is 1.00. The molecule has 1 saturated heterocycles. The van der Waals surface area contributed by atoms with Crippen molar-refractivity contribution in [2.45, 2.75) is 0 Å². The Bertz CT molecular complexity index is 1400. The van der Waals surface area contributed by atoms with E-state index in [2.05, 4.69) is 10.1 Å². The van der Waals surface area contributed by atoms with Gasteiger partial charge in [0, 0.05) is 11.3 Å². The first-order valence-corrected chi connectivity index (χ1v) is 11.5. The lowest BCUT2D eigenvalue weighted by Gasteiger charge is -2.13. The third-order valence-electron chi connectivity index (χ3n) is 5.26. The molecule has 1 heterocycles. The van der Waals surface area contributed by atoms with E-state index in [1.807, 2.05) is 30.3 Å². The maximum atomic E-state index is 13.0. The minimum Gasteiger partial charge on any atom is -0.496 e. The first-order valence-electron chi connectivity index (χ1n) is 10.3. The lowest BCUT2D eigenvalue weighted by atomic mass is 10.0. The number of hydrogen-bond acceptors (Lipinski definition) is 7. The predicted molar refractivity (Wildman–Crippen MR) is 135 cm³/mol. The lowest BCUT2D eigenvalue weighted by Crippen LogP contribution is -2.36. The van der Waals surface area contributed by atoms with Crippen molar-refractivity contribution in [2.24, 2.45) is 0 Å². The summed E-state index contributed by atoms with van der Waals surface area (Å²) in [7, 11) is 2.74. The Kier molecular flexibility index (Phi) is 7.09. The van der Waals surface area contributed by atoms with Gasteiger partial charge in [-0.05, 0) is 52.9 Å². The molecule has 1 aliphatic heterocycles. The summed E-state index contributed by atoms with van der Waals surface area (Å²) in [6.07, 6.45) is 1.60. The summed E-state index contributed by atoms with van der Waals surface area (Å²) in [5.74, 6) is -1.31. The van der Waals surface area contributed by atoms with Gasteiger partial charge in [-0.25, -0.2) is 4.79 Å². The van der Waals surface area contributed by atoms with Gasteiger partial charge in [0.05, 0.1) is 29.7 Å². The number of halogens is 1. The highest BCUT2D eigenvalue weighted by Gasteiger charge is 2.36. The molecule has 0 aromatic heterocycles. The average molecular weight is 511 g/mol. The molecule has 4 rings (SSSR count). The van der Waals surface area contributed by atoms with Gasteiger partial charge in [-0.3, -0.25) is 19.3 Å². The topological polar surface area (TPSA) is 102 Å². The molecule has 0 atom stereocenters. The predicted octanol–water partition coefficient (Wildman–Crippen LogP) is 4.96. The monoisotopic (exact) mass is 510 g/mol. The van der Waals surface area contributed by atoms with Crippen LogP contribution in [0, 0.1) is 0 Å². The maximum absolute atomic E-state index is 13.0. The van der Waals surface area contributed by atoms with Crippen LogP contribution in [0.2, 0.25) is 5.02 Å². The fourth-order valence-electron chi connectivity index (χ4n) is 3.58. The number of amides is 3. The quantitative estimate of drug-likeness (QED) is 0.369. The first kappa shape index (κ1) is 24.3. The molecule has 3 aromatic carbocycles. The minimum atomic E-state index is -0.661. The van der Waals surface area contributed by atoms with E-state index in [1.54, 1.807) is 12.1 Å². The molecule has 178 valence electrons. The molecule has 0 saturated carbocycles. The molecule has 1 aliphatic rings. The van der Waals surface area contributed by atoms with E-state index in [0.717, 1.165) is 27.4 Å². The highest BCUT2D eigenvalue weighted by atomic mass is 35.5. The Morgan fingerprint density at radius 1 is 1.09 bits per heavy atom. The van der Waals surface area contributed by atoms with E-state index in [4.69, 9.17) is 16.3 Å². The molecule has 0 radical (unpaired) electrons. The third-order valence-corrected chi connectivity index (χ3v) is 6.49. The summed E-state index contributed by atoms with van der Waals surface area (Å²) in [5, 5.41) is 3.97. The molecule has 8 nitrogen and oxygen atoms in total. The number of esters is 1. The molecule has 0 bridgehead atoms. The Hall–Kier alpha value is -3.82. The highest BCUT2D eigenvalue weighted by molar-refractivity contribution is 8.18. The number of ether oxygens (including phenoxy) is 2. The van der Waals surface area contributed by atoms with Gasteiger partial charge in [-0.15, -0.1) is 0 Å². The Labute approximate surface area is 209 Å². The molecule has 10 heteroatoms. The van der Waals surface area contributed by atoms with Crippen LogP contribution in [-0.2, 0) is 14.3 Å². The standard InChI is InChI=1S/C25H19ClN2O6S/c1-33-20-10-7-14-5-3-4-6-16(14)17(20)12-21-23(30)28(25(32)35-21)13-22(29)27-15-8-9-19(26)18(11-15)24(31)34-2/h3-12H,13H2,1-2H3,(H,27,29)/b21-12+. The van der Waals surface area contributed by atoms with E-state index in [9.17, 15) is 19.2 Å². The minimum absolute atomic E-state index is 0.0742. The van der Waals surface area contributed by atoms with Crippen molar-refractivity contribution >= 4 is 68.9 Å². The number of rotatable bonds is 6. The molecule has 0 unspecified atom stereocenters. The van der Waals surface area contributed by atoms with Gasteiger partial charge < -0.3 is 14.8 Å². The van der Waals surface area contributed by atoms with Crippen LogP contribution in [0.25, 0.3) is 16.8 Å². The smallest absolute Gasteiger partial charge is 0.339 e. The van der Waals surface area contributed by atoms with Crippen LogP contribution in [-0.4, -0.2) is 48.7 Å². The number of carbonyl (C=O) groups excluding carboxylic acids is 4. The number of anilines is 1. The summed E-state index contributed by atoms with van der Waals surface area (Å²) < 4.78 is 10.1. The van der Waals surface area contributed by atoms with Gasteiger partial charge in [0.2, 0.25) is 5.91 Å².